The van der Waals surface area contributed by atoms with Crippen molar-refractivity contribution < 1.29 is 19.4 Å². The van der Waals surface area contributed by atoms with Gasteiger partial charge in [0.05, 0.1) is 24.1 Å². The van der Waals surface area contributed by atoms with Crippen molar-refractivity contribution in [1.29, 1.82) is 5.26 Å². The van der Waals surface area contributed by atoms with Crippen LogP contribution < -0.4 is 15.7 Å². The third-order valence-corrected chi connectivity index (χ3v) is 4.44. The Hall–Kier alpha value is -4.49. The van der Waals surface area contributed by atoms with Gasteiger partial charge in [-0.05, 0) is 12.1 Å². The van der Waals surface area contributed by atoms with Crippen LogP contribution in [0, 0.1) is 11.3 Å². The molecule has 0 atom stereocenters. The zero-order chi connectivity index (χ0) is 21.8. The molecule has 0 fully saturated rings. The number of carboxylic acids is 1. The summed E-state index contributed by atoms with van der Waals surface area (Å²) < 4.78 is 10.7. The summed E-state index contributed by atoms with van der Waals surface area (Å²) >= 11 is 0. The maximum atomic E-state index is 12.3. The number of nitrogens with zero attached hydrogens (tertiary/aromatic N) is 3. The number of fused-ring (bicyclic) bond motifs is 1. The summed E-state index contributed by atoms with van der Waals surface area (Å²) in [5.41, 5.74) is 3.78. The van der Waals surface area contributed by atoms with Crippen LogP contribution in [0.3, 0.4) is 0 Å². The summed E-state index contributed by atoms with van der Waals surface area (Å²) in [5, 5.41) is 22.7. The van der Waals surface area contributed by atoms with Crippen molar-refractivity contribution in [1.82, 2.24) is 9.97 Å². The zero-order valence-corrected chi connectivity index (χ0v) is 16.0. The highest BCUT2D eigenvalue weighted by Crippen LogP contribution is 2.29. The van der Waals surface area contributed by atoms with E-state index < -0.39 is 11.5 Å². The lowest BCUT2D eigenvalue weighted by Gasteiger charge is -2.20. The summed E-state index contributed by atoms with van der Waals surface area (Å²) in [5.74, 6) is -0.610. The largest absolute Gasteiger partial charge is 0.478 e. The predicted octanol–water partition coefficient (Wildman–Crippen LogP) is 2.32. The van der Waals surface area contributed by atoms with Gasteiger partial charge in [-0.2, -0.15) is 10.4 Å². The van der Waals surface area contributed by atoms with E-state index in [4.69, 9.17) is 9.47 Å². The third-order valence-electron chi connectivity index (χ3n) is 4.44. The summed E-state index contributed by atoms with van der Waals surface area (Å²) in [4.78, 5) is 30.4. The van der Waals surface area contributed by atoms with E-state index in [1.54, 1.807) is 24.3 Å². The van der Waals surface area contributed by atoms with E-state index in [1.165, 1.54) is 18.3 Å². The Bertz CT molecular complexity index is 1280. The number of nitriles is 1. The number of hydrazone groups is 1. The van der Waals surface area contributed by atoms with Crippen LogP contribution in [0.25, 0.3) is 11.3 Å². The number of carbonyl (C=O) groups is 1. The van der Waals surface area contributed by atoms with Gasteiger partial charge < -0.3 is 14.6 Å². The van der Waals surface area contributed by atoms with Crippen LogP contribution >= 0.6 is 0 Å². The van der Waals surface area contributed by atoms with Gasteiger partial charge in [-0.1, -0.05) is 30.3 Å². The van der Waals surface area contributed by atoms with Gasteiger partial charge in [0.1, 0.15) is 17.4 Å². The van der Waals surface area contributed by atoms with Crippen LogP contribution in [0.5, 0.6) is 5.75 Å². The highest BCUT2D eigenvalue weighted by Gasteiger charge is 2.18. The minimum Gasteiger partial charge on any atom is -0.478 e. The number of H-pyrrole nitrogens is 1. The Morgan fingerprint density at radius 2 is 2.13 bits per heavy atom. The van der Waals surface area contributed by atoms with E-state index in [0.29, 0.717) is 22.4 Å². The number of hydrogen-bond acceptors (Lipinski definition) is 8. The van der Waals surface area contributed by atoms with Crippen LogP contribution in [0.2, 0.25) is 0 Å². The van der Waals surface area contributed by atoms with Crippen molar-refractivity contribution in [2.45, 2.75) is 6.61 Å². The Morgan fingerprint density at radius 3 is 2.87 bits per heavy atom. The number of nitrogens with one attached hydrogen (secondary N) is 2. The summed E-state index contributed by atoms with van der Waals surface area (Å²) in [6.45, 7) is 0.258. The van der Waals surface area contributed by atoms with E-state index in [0.717, 1.165) is 0 Å². The maximum absolute atomic E-state index is 12.3. The van der Waals surface area contributed by atoms with E-state index >= 15 is 0 Å². The average molecular weight is 417 g/mol. The van der Waals surface area contributed by atoms with E-state index in [9.17, 15) is 20.0 Å². The van der Waals surface area contributed by atoms with Crippen LogP contribution in [0.4, 0.5) is 5.95 Å². The SMILES string of the molecule is N#Cc1c(-c2ccccc2)nc(NN=Cc2cc(C(=O)O)cc3c2OCOC3)[nH]c1=O. The molecule has 2 aromatic carbocycles. The Balaban J connectivity index is 1.67. The van der Waals surface area contributed by atoms with Gasteiger partial charge >= 0.3 is 5.97 Å². The molecule has 3 aromatic rings. The molecule has 0 saturated heterocycles. The van der Waals surface area contributed by atoms with E-state index in [-0.39, 0.29) is 36.2 Å². The smallest absolute Gasteiger partial charge is 0.335 e. The van der Waals surface area contributed by atoms with Gasteiger partial charge in [0.15, 0.2) is 6.79 Å². The molecule has 0 spiro atoms. The normalized spacial score (nSPS) is 12.6. The molecule has 0 unspecified atom stereocenters. The van der Waals surface area contributed by atoms with Gasteiger partial charge in [0, 0.05) is 16.7 Å². The molecule has 3 N–H and O–H groups in total. The molecule has 0 aliphatic carbocycles. The number of hydrogen-bond donors (Lipinski definition) is 3. The fourth-order valence-electron chi connectivity index (χ4n) is 3.07. The first-order valence-corrected chi connectivity index (χ1v) is 9.06. The van der Waals surface area contributed by atoms with Gasteiger partial charge in [-0.15, -0.1) is 0 Å². The van der Waals surface area contributed by atoms with Crippen molar-refractivity contribution >= 4 is 18.1 Å². The molecule has 0 radical (unpaired) electrons. The molecule has 1 aliphatic heterocycles. The standard InChI is InChI=1S/C21H15N5O5/c22-8-16-17(12-4-2-1-3-5-12)24-21(25-19(16)27)26-23-9-14-6-13(20(28)29)7-15-10-30-11-31-18(14)15/h1-7,9H,10-11H2,(H,28,29)(H2,24,25,26,27). The Labute approximate surface area is 175 Å². The number of benzene rings is 2. The monoisotopic (exact) mass is 417 g/mol. The lowest BCUT2D eigenvalue weighted by Crippen LogP contribution is -2.16. The minimum absolute atomic E-state index is 0.0200. The van der Waals surface area contributed by atoms with Crippen molar-refractivity contribution in [3.05, 3.63) is 75.1 Å². The highest BCUT2D eigenvalue weighted by atomic mass is 16.7. The Morgan fingerprint density at radius 1 is 1.32 bits per heavy atom. The Kier molecular flexibility index (Phi) is 5.42. The first-order valence-electron chi connectivity index (χ1n) is 9.06. The van der Waals surface area contributed by atoms with E-state index in [2.05, 4.69) is 20.5 Å². The molecular formula is C21H15N5O5. The second kappa shape index (κ2) is 8.48. The maximum Gasteiger partial charge on any atom is 0.335 e. The number of ether oxygens (including phenoxy) is 2. The first kappa shape index (κ1) is 19.8. The lowest BCUT2D eigenvalue weighted by atomic mass is 10.0. The molecular weight excluding hydrogens is 402 g/mol. The molecule has 10 heteroatoms. The highest BCUT2D eigenvalue weighted by molar-refractivity contribution is 5.93. The average Bonchev–Trinajstić information content (AvgIpc) is 2.79. The molecule has 0 saturated carbocycles. The number of aromatic carboxylic acids is 1. The van der Waals surface area contributed by atoms with Gasteiger partial charge in [0.25, 0.3) is 5.56 Å². The summed E-state index contributed by atoms with van der Waals surface area (Å²) in [6, 6.07) is 13.6. The fourth-order valence-corrected chi connectivity index (χ4v) is 3.07. The predicted molar refractivity (Wildman–Crippen MR) is 110 cm³/mol. The second-order valence-electron chi connectivity index (χ2n) is 6.46. The van der Waals surface area contributed by atoms with Crippen molar-refractivity contribution in [2.75, 3.05) is 12.2 Å². The van der Waals surface area contributed by atoms with Gasteiger partial charge in [-0.3, -0.25) is 9.78 Å². The minimum atomic E-state index is -1.10. The van der Waals surface area contributed by atoms with E-state index in [1.807, 2.05) is 12.1 Å². The molecule has 1 aromatic heterocycles. The third kappa shape index (κ3) is 4.12. The van der Waals surface area contributed by atoms with Crippen LogP contribution in [-0.4, -0.2) is 34.1 Å². The molecule has 1 aliphatic rings. The molecule has 154 valence electrons. The molecule has 2 heterocycles. The number of aromatic nitrogens is 2. The second-order valence-corrected chi connectivity index (χ2v) is 6.46. The topological polar surface area (TPSA) is 150 Å². The zero-order valence-electron chi connectivity index (χ0n) is 16.0. The van der Waals surface area contributed by atoms with Gasteiger partial charge in [-0.25, -0.2) is 15.2 Å². The number of aromatic amines is 1. The molecule has 10 nitrogen and oxygen atoms in total. The fraction of sp³-hybridized carbons (Fsp3) is 0.0952. The summed E-state index contributed by atoms with van der Waals surface area (Å²) in [6.07, 6.45) is 1.36. The molecule has 4 rings (SSSR count). The lowest BCUT2D eigenvalue weighted by molar-refractivity contribution is -0.0165. The van der Waals surface area contributed by atoms with Crippen molar-refractivity contribution in [3.63, 3.8) is 0 Å². The van der Waals surface area contributed by atoms with Crippen LogP contribution in [0.15, 0.2) is 52.4 Å². The quantitative estimate of drug-likeness (QED) is 0.423. The molecule has 0 amide bonds. The molecule has 0 bridgehead atoms. The van der Waals surface area contributed by atoms with Crippen molar-refractivity contribution in [2.24, 2.45) is 5.10 Å². The first-order chi connectivity index (χ1) is 15.1. The van der Waals surface area contributed by atoms with Crippen LogP contribution in [0.1, 0.15) is 27.0 Å². The number of carboxylic acid groups (broad SMARTS) is 1. The van der Waals surface area contributed by atoms with Crippen molar-refractivity contribution in [3.8, 4) is 23.1 Å². The van der Waals surface area contributed by atoms with Gasteiger partial charge in [0.2, 0.25) is 5.95 Å². The number of rotatable bonds is 5. The molecule has 31 heavy (non-hydrogen) atoms. The summed E-state index contributed by atoms with van der Waals surface area (Å²) in [7, 11) is 0. The van der Waals surface area contributed by atoms with Crippen LogP contribution in [-0.2, 0) is 11.3 Å². The number of anilines is 1.